The summed E-state index contributed by atoms with van der Waals surface area (Å²) in [5, 5.41) is 0. The van der Waals surface area contributed by atoms with E-state index in [0.717, 1.165) is 70.9 Å². The Balaban J connectivity index is 1.82. The summed E-state index contributed by atoms with van der Waals surface area (Å²) >= 11 is 0. The number of amides is 1. The van der Waals surface area contributed by atoms with Crippen molar-refractivity contribution in [1.82, 2.24) is 9.21 Å². The molecular weight excluding hydrogens is 348 g/mol. The van der Waals surface area contributed by atoms with Crippen molar-refractivity contribution in [3.05, 3.63) is 30.3 Å². The number of likely N-dealkylation sites (tertiary alicyclic amines) is 1. The van der Waals surface area contributed by atoms with E-state index < -0.39 is 10.0 Å². The minimum Gasteiger partial charge on any atom is -0.342 e. The maximum atomic E-state index is 13.3. The second-order valence-corrected chi connectivity index (χ2v) is 9.34. The van der Waals surface area contributed by atoms with E-state index in [0.29, 0.717) is 0 Å². The molecule has 1 aliphatic carbocycles. The van der Waals surface area contributed by atoms with E-state index in [1.807, 2.05) is 11.0 Å². The highest BCUT2D eigenvalue weighted by atomic mass is 32.2. The average molecular weight is 379 g/mol. The summed E-state index contributed by atoms with van der Waals surface area (Å²) in [7, 11) is -3.66. The highest BCUT2D eigenvalue weighted by Crippen LogP contribution is 2.28. The Labute approximate surface area is 157 Å². The molecule has 0 radical (unpaired) electrons. The van der Waals surface area contributed by atoms with Crippen LogP contribution in [0.4, 0.5) is 0 Å². The molecule has 0 bridgehead atoms. The number of nitrogens with zero attached hydrogens (tertiary/aromatic N) is 2. The normalized spacial score (nSPS) is 20.1. The predicted molar refractivity (Wildman–Crippen MR) is 102 cm³/mol. The molecule has 5 nitrogen and oxygen atoms in total. The summed E-state index contributed by atoms with van der Waals surface area (Å²) in [6.07, 6.45) is 9.24. The van der Waals surface area contributed by atoms with Gasteiger partial charge in [0.05, 0.1) is 11.4 Å². The molecule has 1 aliphatic heterocycles. The summed E-state index contributed by atoms with van der Waals surface area (Å²) in [4.78, 5) is 15.1. The molecule has 1 saturated heterocycles. The molecule has 1 aromatic rings. The Hall–Kier alpha value is -1.40. The summed E-state index contributed by atoms with van der Waals surface area (Å²) < 4.78 is 28.0. The first-order chi connectivity index (χ1) is 12.6. The maximum absolute atomic E-state index is 13.3. The first-order valence-electron chi connectivity index (χ1n) is 9.94. The lowest BCUT2D eigenvalue weighted by atomic mass is 9.95. The van der Waals surface area contributed by atoms with Gasteiger partial charge in [0.1, 0.15) is 0 Å². The number of hydrogen-bond donors (Lipinski definition) is 0. The summed E-state index contributed by atoms with van der Waals surface area (Å²) in [5.74, 6) is -0.0445. The smallest absolute Gasteiger partial charge is 0.243 e. The van der Waals surface area contributed by atoms with Gasteiger partial charge in [0.2, 0.25) is 15.9 Å². The third-order valence-corrected chi connectivity index (χ3v) is 7.49. The molecule has 0 unspecified atom stereocenters. The van der Waals surface area contributed by atoms with E-state index in [4.69, 9.17) is 0 Å². The monoisotopic (exact) mass is 378 g/mol. The van der Waals surface area contributed by atoms with Crippen LogP contribution in [0.15, 0.2) is 35.2 Å². The molecule has 1 saturated carbocycles. The van der Waals surface area contributed by atoms with E-state index in [2.05, 4.69) is 0 Å². The molecule has 1 amide bonds. The summed E-state index contributed by atoms with van der Waals surface area (Å²) in [5.41, 5.74) is 0. The van der Waals surface area contributed by atoms with Crippen molar-refractivity contribution in [3.8, 4) is 0 Å². The van der Waals surface area contributed by atoms with E-state index >= 15 is 0 Å². The molecule has 144 valence electrons. The Bertz CT molecular complexity index is 676. The van der Waals surface area contributed by atoms with Crippen molar-refractivity contribution in [3.63, 3.8) is 0 Å². The van der Waals surface area contributed by atoms with Crippen molar-refractivity contribution < 1.29 is 13.2 Å². The van der Waals surface area contributed by atoms with Gasteiger partial charge in [0.15, 0.2) is 0 Å². The number of carbonyl (C=O) groups is 1. The van der Waals surface area contributed by atoms with E-state index in [9.17, 15) is 13.2 Å². The highest BCUT2D eigenvalue weighted by Gasteiger charge is 2.34. The van der Waals surface area contributed by atoms with Crippen LogP contribution in [0.1, 0.15) is 57.8 Å². The van der Waals surface area contributed by atoms with Crippen LogP contribution < -0.4 is 0 Å². The van der Waals surface area contributed by atoms with Crippen molar-refractivity contribution in [2.24, 2.45) is 0 Å². The lowest BCUT2D eigenvalue weighted by Gasteiger charge is -2.34. The van der Waals surface area contributed by atoms with Crippen LogP contribution in [0.2, 0.25) is 0 Å². The molecule has 0 atom stereocenters. The lowest BCUT2D eigenvalue weighted by molar-refractivity contribution is -0.131. The summed E-state index contributed by atoms with van der Waals surface area (Å²) in [6.45, 7) is 1.48. The maximum Gasteiger partial charge on any atom is 0.243 e. The molecule has 1 aromatic carbocycles. The van der Waals surface area contributed by atoms with Crippen LogP contribution in [0, 0.1) is 0 Å². The van der Waals surface area contributed by atoms with E-state index in [1.165, 1.54) is 4.31 Å². The van der Waals surface area contributed by atoms with Gasteiger partial charge in [-0.2, -0.15) is 4.31 Å². The van der Waals surface area contributed by atoms with Crippen molar-refractivity contribution in [2.75, 3.05) is 19.6 Å². The van der Waals surface area contributed by atoms with Crippen LogP contribution in [0.3, 0.4) is 0 Å². The number of hydrogen-bond acceptors (Lipinski definition) is 3. The van der Waals surface area contributed by atoms with Crippen LogP contribution in [-0.4, -0.2) is 49.2 Å². The van der Waals surface area contributed by atoms with Gasteiger partial charge >= 0.3 is 0 Å². The predicted octanol–water partition coefficient (Wildman–Crippen LogP) is 3.41. The standard InChI is InChI=1S/C20H30N2O3S/c23-20(21-15-9-1-2-10-16-21)17-22(18-11-5-3-6-12-18)26(24,25)19-13-7-4-8-14-19/h4,7-8,13-14,18H,1-3,5-6,9-12,15-17H2. The third-order valence-electron chi connectivity index (χ3n) is 5.58. The fraction of sp³-hybridized carbons (Fsp3) is 0.650. The van der Waals surface area contributed by atoms with Crippen LogP contribution in [-0.2, 0) is 14.8 Å². The van der Waals surface area contributed by atoms with Crippen LogP contribution >= 0.6 is 0 Å². The average Bonchev–Trinajstić information content (AvgIpc) is 2.97. The van der Waals surface area contributed by atoms with Crippen molar-refractivity contribution in [1.29, 1.82) is 0 Å². The zero-order valence-electron chi connectivity index (χ0n) is 15.5. The molecule has 2 aliphatic rings. The molecular formula is C20H30N2O3S. The van der Waals surface area contributed by atoms with Gasteiger partial charge in [-0.25, -0.2) is 8.42 Å². The molecule has 0 aromatic heterocycles. The van der Waals surface area contributed by atoms with E-state index in [1.54, 1.807) is 24.3 Å². The topological polar surface area (TPSA) is 57.7 Å². The van der Waals surface area contributed by atoms with Gasteiger partial charge < -0.3 is 4.90 Å². The number of benzene rings is 1. The van der Waals surface area contributed by atoms with E-state index in [-0.39, 0.29) is 23.4 Å². The van der Waals surface area contributed by atoms with Gasteiger partial charge in [-0.05, 0) is 37.8 Å². The molecule has 0 spiro atoms. The number of carbonyl (C=O) groups excluding carboxylic acids is 1. The number of rotatable bonds is 5. The molecule has 1 heterocycles. The minimum atomic E-state index is -3.66. The second-order valence-electron chi connectivity index (χ2n) is 7.45. The fourth-order valence-corrected chi connectivity index (χ4v) is 5.72. The quantitative estimate of drug-likeness (QED) is 0.789. The second kappa shape index (κ2) is 9.00. The first-order valence-corrected chi connectivity index (χ1v) is 11.4. The van der Waals surface area contributed by atoms with Crippen molar-refractivity contribution in [2.45, 2.75) is 68.7 Å². The Morgan fingerprint density at radius 1 is 0.923 bits per heavy atom. The van der Waals surface area contributed by atoms with Gasteiger partial charge in [-0.3, -0.25) is 4.79 Å². The Morgan fingerprint density at radius 3 is 2.12 bits per heavy atom. The van der Waals surface area contributed by atoms with Gasteiger partial charge in [-0.1, -0.05) is 50.3 Å². The molecule has 0 N–H and O–H groups in total. The Morgan fingerprint density at radius 2 is 1.50 bits per heavy atom. The van der Waals surface area contributed by atoms with Crippen molar-refractivity contribution >= 4 is 15.9 Å². The molecule has 2 fully saturated rings. The zero-order valence-corrected chi connectivity index (χ0v) is 16.3. The lowest BCUT2D eigenvalue weighted by Crippen LogP contribution is -2.48. The van der Waals surface area contributed by atoms with Crippen LogP contribution in [0.5, 0.6) is 0 Å². The molecule has 26 heavy (non-hydrogen) atoms. The molecule has 3 rings (SSSR count). The SMILES string of the molecule is O=C(CN(C1CCCCC1)S(=O)(=O)c1ccccc1)N1CCCCCC1. The first kappa shape index (κ1) is 19.4. The van der Waals surface area contributed by atoms with Gasteiger partial charge in [0.25, 0.3) is 0 Å². The molecule has 6 heteroatoms. The number of sulfonamides is 1. The largest absolute Gasteiger partial charge is 0.342 e. The minimum absolute atomic E-state index is 0.0259. The summed E-state index contributed by atoms with van der Waals surface area (Å²) in [6, 6.07) is 8.48. The van der Waals surface area contributed by atoms with Gasteiger partial charge in [0, 0.05) is 19.1 Å². The van der Waals surface area contributed by atoms with Gasteiger partial charge in [-0.15, -0.1) is 0 Å². The fourth-order valence-electron chi connectivity index (χ4n) is 4.06. The van der Waals surface area contributed by atoms with Crippen LogP contribution in [0.25, 0.3) is 0 Å². The highest BCUT2D eigenvalue weighted by molar-refractivity contribution is 7.89. The third kappa shape index (κ3) is 4.65. The Kier molecular flexibility index (Phi) is 6.70. The zero-order chi connectivity index (χ0) is 18.4.